The summed E-state index contributed by atoms with van der Waals surface area (Å²) >= 11 is 0. The van der Waals surface area contributed by atoms with E-state index >= 15 is 0 Å². The Bertz CT molecular complexity index is 647. The standard InChI is InChI=1S/C15H15F2N3/c1-3-10-4-5-11(14(17)13(10)16)12-8-19-15-9(2)18-6-7-20(12)15/h4-7,12H,3,8H2,1-2H3. The highest BCUT2D eigenvalue weighted by Gasteiger charge is 2.32. The zero-order valence-corrected chi connectivity index (χ0v) is 11.4. The van der Waals surface area contributed by atoms with Gasteiger partial charge in [-0.3, -0.25) is 9.98 Å². The van der Waals surface area contributed by atoms with Crippen LogP contribution in [0.2, 0.25) is 0 Å². The van der Waals surface area contributed by atoms with Crippen LogP contribution in [0.4, 0.5) is 8.78 Å². The van der Waals surface area contributed by atoms with Gasteiger partial charge in [-0.15, -0.1) is 0 Å². The normalized spacial score (nSPS) is 20.8. The van der Waals surface area contributed by atoms with Crippen molar-refractivity contribution in [2.45, 2.75) is 26.3 Å². The van der Waals surface area contributed by atoms with Gasteiger partial charge in [0.1, 0.15) is 5.84 Å². The van der Waals surface area contributed by atoms with Crippen LogP contribution >= 0.6 is 0 Å². The molecule has 0 amide bonds. The number of amidine groups is 1. The summed E-state index contributed by atoms with van der Waals surface area (Å²) in [5.74, 6) is -0.777. The minimum absolute atomic E-state index is 0.299. The lowest BCUT2D eigenvalue weighted by atomic mass is 10.0. The molecule has 3 rings (SSSR count). The van der Waals surface area contributed by atoms with Gasteiger partial charge in [0.15, 0.2) is 11.6 Å². The molecule has 1 aromatic rings. The molecule has 0 saturated heterocycles. The maximum Gasteiger partial charge on any atom is 0.164 e. The molecule has 20 heavy (non-hydrogen) atoms. The molecule has 3 nitrogen and oxygen atoms in total. The number of aliphatic imine (C=N–C) groups is 2. The summed E-state index contributed by atoms with van der Waals surface area (Å²) in [6.07, 6.45) is 3.89. The third kappa shape index (κ3) is 1.85. The SMILES string of the molecule is CCc1ccc(C2CN=C3C(C)=NC=CN32)c(F)c1F. The van der Waals surface area contributed by atoms with Crippen LogP contribution in [-0.2, 0) is 6.42 Å². The van der Waals surface area contributed by atoms with Crippen molar-refractivity contribution in [3.8, 4) is 0 Å². The van der Waals surface area contributed by atoms with Crippen LogP contribution < -0.4 is 0 Å². The number of hydrogen-bond donors (Lipinski definition) is 0. The van der Waals surface area contributed by atoms with Gasteiger partial charge < -0.3 is 4.90 Å². The topological polar surface area (TPSA) is 28.0 Å². The minimum Gasteiger partial charge on any atom is -0.321 e. The fraction of sp³-hybridized carbons (Fsp3) is 0.333. The molecule has 104 valence electrons. The molecule has 2 heterocycles. The van der Waals surface area contributed by atoms with Crippen LogP contribution in [-0.4, -0.2) is 23.0 Å². The number of nitrogens with zero attached hydrogens (tertiary/aromatic N) is 3. The third-order valence-electron chi connectivity index (χ3n) is 3.75. The van der Waals surface area contributed by atoms with Crippen molar-refractivity contribution in [2.75, 3.05) is 6.54 Å². The number of halogens is 2. The molecule has 2 aliphatic heterocycles. The average molecular weight is 275 g/mol. The summed E-state index contributed by atoms with van der Waals surface area (Å²) in [5, 5.41) is 0. The van der Waals surface area contributed by atoms with E-state index in [4.69, 9.17) is 0 Å². The highest BCUT2D eigenvalue weighted by Crippen LogP contribution is 2.32. The molecule has 0 bridgehead atoms. The Balaban J connectivity index is 1.99. The molecule has 1 atom stereocenters. The zero-order valence-electron chi connectivity index (χ0n) is 11.4. The summed E-state index contributed by atoms with van der Waals surface area (Å²) in [5.41, 5.74) is 1.54. The zero-order chi connectivity index (χ0) is 14.3. The molecule has 1 unspecified atom stereocenters. The lowest BCUT2D eigenvalue weighted by molar-refractivity contribution is 0.418. The number of aryl methyl sites for hydroxylation is 1. The Morgan fingerprint density at radius 2 is 2.10 bits per heavy atom. The first-order valence-corrected chi connectivity index (χ1v) is 6.64. The number of benzene rings is 1. The molecule has 2 aliphatic rings. The lowest BCUT2D eigenvalue weighted by Gasteiger charge is -2.26. The fourth-order valence-corrected chi connectivity index (χ4v) is 2.62. The molecule has 0 aromatic heterocycles. The van der Waals surface area contributed by atoms with Gasteiger partial charge in [-0.25, -0.2) is 8.78 Å². The van der Waals surface area contributed by atoms with E-state index in [0.717, 1.165) is 11.5 Å². The maximum atomic E-state index is 14.2. The first kappa shape index (κ1) is 13.0. The summed E-state index contributed by atoms with van der Waals surface area (Å²) in [6, 6.07) is 3.02. The molecule has 0 radical (unpaired) electrons. The van der Waals surface area contributed by atoms with Crippen LogP contribution in [0.15, 0.2) is 34.5 Å². The van der Waals surface area contributed by atoms with Gasteiger partial charge in [-0.05, 0) is 18.9 Å². The smallest absolute Gasteiger partial charge is 0.164 e. The first-order valence-electron chi connectivity index (χ1n) is 6.64. The largest absolute Gasteiger partial charge is 0.321 e. The van der Waals surface area contributed by atoms with E-state index in [0.29, 0.717) is 24.1 Å². The first-order chi connectivity index (χ1) is 9.63. The molecular formula is C15H15F2N3. The predicted octanol–water partition coefficient (Wildman–Crippen LogP) is 3.23. The van der Waals surface area contributed by atoms with Crippen LogP contribution in [0.25, 0.3) is 0 Å². The van der Waals surface area contributed by atoms with E-state index in [1.54, 1.807) is 24.5 Å². The molecule has 5 heteroatoms. The second-order valence-electron chi connectivity index (χ2n) is 4.90. The van der Waals surface area contributed by atoms with E-state index in [9.17, 15) is 8.78 Å². The maximum absolute atomic E-state index is 14.2. The van der Waals surface area contributed by atoms with Crippen molar-refractivity contribution in [2.24, 2.45) is 9.98 Å². The quantitative estimate of drug-likeness (QED) is 0.814. The summed E-state index contributed by atoms with van der Waals surface area (Å²) in [6.45, 7) is 4.07. The van der Waals surface area contributed by atoms with E-state index in [1.807, 2.05) is 18.7 Å². The van der Waals surface area contributed by atoms with Crippen molar-refractivity contribution < 1.29 is 8.78 Å². The van der Waals surface area contributed by atoms with Crippen molar-refractivity contribution in [3.63, 3.8) is 0 Å². The Kier molecular flexibility index (Phi) is 3.12. The summed E-state index contributed by atoms with van der Waals surface area (Å²) in [7, 11) is 0. The molecule has 0 saturated carbocycles. The van der Waals surface area contributed by atoms with E-state index in [-0.39, 0.29) is 6.04 Å². The molecular weight excluding hydrogens is 260 g/mol. The van der Waals surface area contributed by atoms with Gasteiger partial charge in [0.05, 0.1) is 18.3 Å². The molecule has 0 N–H and O–H groups in total. The summed E-state index contributed by atoms with van der Waals surface area (Å²) < 4.78 is 28.2. The van der Waals surface area contributed by atoms with Gasteiger partial charge >= 0.3 is 0 Å². The van der Waals surface area contributed by atoms with Gasteiger partial charge in [0, 0.05) is 18.0 Å². The minimum atomic E-state index is -0.764. The molecule has 0 aliphatic carbocycles. The van der Waals surface area contributed by atoms with E-state index < -0.39 is 11.6 Å². The number of hydrogen-bond acceptors (Lipinski definition) is 3. The average Bonchev–Trinajstić information content (AvgIpc) is 2.87. The highest BCUT2D eigenvalue weighted by molar-refractivity contribution is 6.41. The van der Waals surface area contributed by atoms with Crippen molar-refractivity contribution in [1.82, 2.24) is 4.90 Å². The third-order valence-corrected chi connectivity index (χ3v) is 3.75. The Morgan fingerprint density at radius 3 is 2.85 bits per heavy atom. The van der Waals surface area contributed by atoms with Gasteiger partial charge in [-0.2, -0.15) is 0 Å². The molecule has 1 aromatic carbocycles. The van der Waals surface area contributed by atoms with Gasteiger partial charge in [0.2, 0.25) is 0 Å². The van der Waals surface area contributed by atoms with Gasteiger partial charge in [0.25, 0.3) is 0 Å². The van der Waals surface area contributed by atoms with E-state index in [1.165, 1.54) is 0 Å². The van der Waals surface area contributed by atoms with Crippen molar-refractivity contribution in [1.29, 1.82) is 0 Å². The lowest BCUT2D eigenvalue weighted by Crippen LogP contribution is -2.32. The Morgan fingerprint density at radius 1 is 1.30 bits per heavy atom. The second kappa shape index (κ2) is 4.81. The van der Waals surface area contributed by atoms with Crippen LogP contribution in [0.3, 0.4) is 0 Å². The highest BCUT2D eigenvalue weighted by atomic mass is 19.2. The fourth-order valence-electron chi connectivity index (χ4n) is 2.62. The van der Waals surface area contributed by atoms with Crippen LogP contribution in [0, 0.1) is 11.6 Å². The Labute approximate surface area is 116 Å². The second-order valence-corrected chi connectivity index (χ2v) is 4.90. The predicted molar refractivity (Wildman–Crippen MR) is 74.9 cm³/mol. The van der Waals surface area contributed by atoms with Crippen molar-refractivity contribution >= 4 is 11.5 Å². The Hall–Kier alpha value is -2.04. The molecule has 0 spiro atoms. The van der Waals surface area contributed by atoms with Crippen molar-refractivity contribution in [3.05, 3.63) is 47.3 Å². The van der Waals surface area contributed by atoms with E-state index in [2.05, 4.69) is 9.98 Å². The van der Waals surface area contributed by atoms with Gasteiger partial charge in [-0.1, -0.05) is 19.1 Å². The molecule has 0 fully saturated rings. The summed E-state index contributed by atoms with van der Waals surface area (Å²) in [4.78, 5) is 10.4. The monoisotopic (exact) mass is 275 g/mol. The number of rotatable bonds is 2. The van der Waals surface area contributed by atoms with Crippen LogP contribution in [0.1, 0.15) is 31.0 Å². The van der Waals surface area contributed by atoms with Crippen LogP contribution in [0.5, 0.6) is 0 Å². The number of fused-ring (bicyclic) bond motifs is 1.